The molecule has 0 aliphatic rings. The summed E-state index contributed by atoms with van der Waals surface area (Å²) in [6.45, 7) is 14.0. The standard InChI is InChI=1S/C4H9.3C4H7.Sn/c4*1-3-4-2;/h1,3-4H2,2H3;3*3H,1-2,4H2;. The molecule has 0 aliphatic heterocycles. The molecule has 1 heteroatoms. The predicted molar refractivity (Wildman–Crippen MR) is 84.3 cm³/mol. The minimum atomic E-state index is -1.91. The fourth-order valence-electron chi connectivity index (χ4n) is 2.53. The van der Waals surface area contributed by atoms with E-state index in [9.17, 15) is 0 Å². The Morgan fingerprint density at radius 3 is 1.47 bits per heavy atom. The quantitative estimate of drug-likeness (QED) is 0.303. The average Bonchev–Trinajstić information content (AvgIpc) is 2.37. The van der Waals surface area contributed by atoms with Gasteiger partial charge in [-0.25, -0.2) is 0 Å². The van der Waals surface area contributed by atoms with Gasteiger partial charge in [0.2, 0.25) is 0 Å². The van der Waals surface area contributed by atoms with Gasteiger partial charge in [0.15, 0.2) is 0 Å². The summed E-state index contributed by atoms with van der Waals surface area (Å²) >= 11 is -1.91. The van der Waals surface area contributed by atoms with Gasteiger partial charge < -0.3 is 0 Å². The SMILES string of the molecule is C=CC[CH2][Sn]([CH2]CC=C)([CH2]CC=C)[CH2]CCC. The summed E-state index contributed by atoms with van der Waals surface area (Å²) in [6, 6.07) is 0. The fraction of sp³-hybridized carbons (Fsp3) is 0.625. The molecule has 0 amide bonds. The van der Waals surface area contributed by atoms with E-state index in [4.69, 9.17) is 0 Å². The molecule has 0 aliphatic carbocycles. The van der Waals surface area contributed by atoms with E-state index in [1.54, 1.807) is 4.44 Å². The van der Waals surface area contributed by atoms with E-state index in [1.807, 2.05) is 0 Å². The van der Waals surface area contributed by atoms with Gasteiger partial charge in [-0.2, -0.15) is 0 Å². The predicted octanol–water partition coefficient (Wildman–Crippen LogP) is 5.96. The van der Waals surface area contributed by atoms with Crippen LogP contribution in [0.1, 0.15) is 39.0 Å². The Hall–Kier alpha value is 0.0187. The van der Waals surface area contributed by atoms with Crippen LogP contribution in [-0.4, -0.2) is 18.4 Å². The number of unbranched alkanes of at least 4 members (excludes halogenated alkanes) is 1. The van der Waals surface area contributed by atoms with Gasteiger partial charge in [0, 0.05) is 0 Å². The van der Waals surface area contributed by atoms with Gasteiger partial charge >= 0.3 is 113 Å². The monoisotopic (exact) mass is 342 g/mol. The molecular formula is C16H30Sn. The van der Waals surface area contributed by atoms with Gasteiger partial charge in [-0.15, -0.1) is 0 Å². The van der Waals surface area contributed by atoms with Crippen molar-refractivity contribution in [2.75, 3.05) is 0 Å². The molecule has 0 atom stereocenters. The van der Waals surface area contributed by atoms with Crippen LogP contribution >= 0.6 is 0 Å². The molecule has 0 radical (unpaired) electrons. The first kappa shape index (κ1) is 17.0. The Balaban J connectivity index is 4.54. The molecule has 0 heterocycles. The Morgan fingerprint density at radius 1 is 0.765 bits per heavy atom. The Labute approximate surface area is 113 Å². The van der Waals surface area contributed by atoms with Crippen LogP contribution in [0.4, 0.5) is 0 Å². The molecule has 0 aromatic heterocycles. The van der Waals surface area contributed by atoms with Gasteiger partial charge in [0.1, 0.15) is 0 Å². The third-order valence-corrected chi connectivity index (χ3v) is 19.3. The summed E-state index contributed by atoms with van der Waals surface area (Å²) in [5, 5.41) is 0. The van der Waals surface area contributed by atoms with Crippen LogP contribution in [-0.2, 0) is 0 Å². The summed E-state index contributed by atoms with van der Waals surface area (Å²) in [7, 11) is 0. The third-order valence-electron chi connectivity index (χ3n) is 3.70. The molecule has 0 spiro atoms. The number of hydrogen-bond donors (Lipinski definition) is 0. The van der Waals surface area contributed by atoms with Crippen molar-refractivity contribution in [1.29, 1.82) is 0 Å². The Morgan fingerprint density at radius 2 is 1.18 bits per heavy atom. The normalized spacial score (nSPS) is 11.1. The number of rotatable bonds is 12. The molecular weight excluding hydrogens is 311 g/mol. The van der Waals surface area contributed by atoms with E-state index in [1.165, 1.54) is 45.4 Å². The summed E-state index contributed by atoms with van der Waals surface area (Å²) in [5.74, 6) is 0. The second-order valence-electron chi connectivity index (χ2n) is 5.09. The number of hydrogen-bond acceptors (Lipinski definition) is 0. The van der Waals surface area contributed by atoms with Crippen molar-refractivity contribution in [3.05, 3.63) is 38.0 Å². The van der Waals surface area contributed by atoms with Crippen molar-refractivity contribution < 1.29 is 0 Å². The van der Waals surface area contributed by atoms with Crippen LogP contribution in [0.3, 0.4) is 0 Å². The summed E-state index contributed by atoms with van der Waals surface area (Å²) in [5.41, 5.74) is 0. The van der Waals surface area contributed by atoms with Crippen LogP contribution in [0.25, 0.3) is 0 Å². The zero-order valence-corrected chi connectivity index (χ0v) is 14.6. The van der Waals surface area contributed by atoms with Crippen LogP contribution in [0.15, 0.2) is 38.0 Å². The van der Waals surface area contributed by atoms with E-state index in [0.29, 0.717) is 0 Å². The fourth-order valence-corrected chi connectivity index (χ4v) is 16.9. The second-order valence-corrected chi connectivity index (χ2v) is 19.4. The minimum absolute atomic E-state index is 1.23. The average molecular weight is 341 g/mol. The van der Waals surface area contributed by atoms with Crippen LogP contribution < -0.4 is 0 Å². The van der Waals surface area contributed by atoms with Crippen LogP contribution in [0.2, 0.25) is 17.7 Å². The molecule has 17 heavy (non-hydrogen) atoms. The third kappa shape index (κ3) is 7.86. The van der Waals surface area contributed by atoms with Gasteiger partial charge in [0.25, 0.3) is 0 Å². The Kier molecular flexibility index (Phi) is 11.1. The Bertz CT molecular complexity index is 186. The van der Waals surface area contributed by atoms with Gasteiger partial charge in [-0.3, -0.25) is 0 Å². The first-order valence-corrected chi connectivity index (χ1v) is 15.1. The van der Waals surface area contributed by atoms with E-state index in [-0.39, 0.29) is 0 Å². The van der Waals surface area contributed by atoms with Gasteiger partial charge in [-0.05, 0) is 0 Å². The van der Waals surface area contributed by atoms with E-state index in [0.717, 1.165) is 0 Å². The maximum absolute atomic E-state index is 3.90. The topological polar surface area (TPSA) is 0 Å². The molecule has 0 fully saturated rings. The number of allylic oxidation sites excluding steroid dienone is 3. The molecule has 0 N–H and O–H groups in total. The van der Waals surface area contributed by atoms with Gasteiger partial charge in [0.05, 0.1) is 0 Å². The second kappa shape index (κ2) is 11.1. The molecule has 0 bridgehead atoms. The zero-order valence-electron chi connectivity index (χ0n) is 11.7. The van der Waals surface area contributed by atoms with E-state index < -0.39 is 18.4 Å². The van der Waals surface area contributed by atoms with Crippen molar-refractivity contribution in [2.24, 2.45) is 0 Å². The van der Waals surface area contributed by atoms with Crippen molar-refractivity contribution in [3.8, 4) is 0 Å². The first-order chi connectivity index (χ1) is 8.24. The van der Waals surface area contributed by atoms with Crippen molar-refractivity contribution in [1.82, 2.24) is 0 Å². The molecule has 0 unspecified atom stereocenters. The molecule has 0 aromatic carbocycles. The molecule has 98 valence electrons. The van der Waals surface area contributed by atoms with Crippen molar-refractivity contribution >= 4 is 18.4 Å². The summed E-state index contributed by atoms with van der Waals surface area (Å²) in [4.78, 5) is 0. The van der Waals surface area contributed by atoms with Gasteiger partial charge in [-0.1, -0.05) is 0 Å². The van der Waals surface area contributed by atoms with Crippen molar-refractivity contribution in [3.63, 3.8) is 0 Å². The molecule has 0 nitrogen and oxygen atoms in total. The maximum atomic E-state index is 3.90. The molecule has 0 saturated heterocycles. The zero-order chi connectivity index (χ0) is 13.0. The summed E-state index contributed by atoms with van der Waals surface area (Å²) in [6.07, 6.45) is 12.8. The molecule has 0 aromatic rings. The van der Waals surface area contributed by atoms with E-state index in [2.05, 4.69) is 44.9 Å². The molecule has 0 saturated carbocycles. The van der Waals surface area contributed by atoms with Crippen LogP contribution in [0.5, 0.6) is 0 Å². The summed E-state index contributed by atoms with van der Waals surface area (Å²) < 4.78 is 6.01. The molecule has 0 rings (SSSR count). The van der Waals surface area contributed by atoms with Crippen molar-refractivity contribution in [2.45, 2.75) is 56.8 Å². The first-order valence-electron chi connectivity index (χ1n) is 7.07. The van der Waals surface area contributed by atoms with E-state index >= 15 is 0 Å². The van der Waals surface area contributed by atoms with Crippen LogP contribution in [0, 0.1) is 0 Å².